The molecular weight excluding hydrogens is 238 g/mol. The molecule has 2 N–H and O–H groups in total. The molecule has 1 aromatic heterocycles. The van der Waals surface area contributed by atoms with Crippen molar-refractivity contribution in [2.45, 2.75) is 26.3 Å². The first-order valence-electron chi connectivity index (χ1n) is 7.00. The van der Waals surface area contributed by atoms with Crippen molar-refractivity contribution in [3.05, 3.63) is 17.6 Å². The Morgan fingerprint density at radius 3 is 2.68 bits per heavy atom. The fourth-order valence-electron chi connectivity index (χ4n) is 2.72. The lowest BCUT2D eigenvalue weighted by Crippen LogP contribution is -2.35. The first-order chi connectivity index (χ1) is 9.02. The van der Waals surface area contributed by atoms with Crippen molar-refractivity contribution in [3.63, 3.8) is 0 Å². The minimum Gasteiger partial charge on any atom is -0.384 e. The lowest BCUT2D eigenvalue weighted by Gasteiger charge is -2.31. The summed E-state index contributed by atoms with van der Waals surface area (Å²) in [5.41, 5.74) is 6.70. The van der Waals surface area contributed by atoms with Crippen LogP contribution in [0.5, 0.6) is 0 Å². The quantitative estimate of drug-likeness (QED) is 0.883. The Bertz CT molecular complexity index is 392. The summed E-state index contributed by atoms with van der Waals surface area (Å²) in [5, 5.41) is 0. The summed E-state index contributed by atoms with van der Waals surface area (Å²) in [6.07, 6.45) is 2.58. The van der Waals surface area contributed by atoms with E-state index in [9.17, 15) is 0 Å². The predicted molar refractivity (Wildman–Crippen MR) is 77.7 cm³/mol. The molecule has 2 heterocycles. The van der Waals surface area contributed by atoms with Gasteiger partial charge in [0.2, 0.25) is 0 Å². The van der Waals surface area contributed by atoms with E-state index in [1.54, 1.807) is 6.07 Å². The molecule has 0 spiro atoms. The van der Waals surface area contributed by atoms with E-state index in [4.69, 9.17) is 5.73 Å². The molecule has 106 valence electrons. The maximum absolute atomic E-state index is 5.76. The van der Waals surface area contributed by atoms with E-state index in [1.807, 2.05) is 6.92 Å². The highest BCUT2D eigenvalue weighted by atomic mass is 15.1. The number of aromatic nitrogens is 2. The lowest BCUT2D eigenvalue weighted by atomic mass is 9.97. The van der Waals surface area contributed by atoms with E-state index in [-0.39, 0.29) is 0 Å². The van der Waals surface area contributed by atoms with Crippen LogP contribution in [-0.2, 0) is 6.54 Å². The summed E-state index contributed by atoms with van der Waals surface area (Å²) in [5.74, 6) is 2.19. The number of hydrogen-bond acceptors (Lipinski definition) is 5. The van der Waals surface area contributed by atoms with Gasteiger partial charge in [0.05, 0.1) is 6.54 Å². The summed E-state index contributed by atoms with van der Waals surface area (Å²) in [4.78, 5) is 13.4. The minimum atomic E-state index is 0.565. The van der Waals surface area contributed by atoms with Gasteiger partial charge < -0.3 is 10.6 Å². The van der Waals surface area contributed by atoms with Crippen molar-refractivity contribution >= 4 is 5.82 Å². The van der Waals surface area contributed by atoms with Gasteiger partial charge in [-0.25, -0.2) is 9.97 Å². The summed E-state index contributed by atoms with van der Waals surface area (Å²) < 4.78 is 0. The largest absolute Gasteiger partial charge is 0.384 e. The molecule has 1 saturated heterocycles. The van der Waals surface area contributed by atoms with Crippen molar-refractivity contribution < 1.29 is 0 Å². The van der Waals surface area contributed by atoms with Crippen LogP contribution in [0.1, 0.15) is 24.4 Å². The van der Waals surface area contributed by atoms with Crippen LogP contribution in [-0.4, -0.2) is 53.5 Å². The van der Waals surface area contributed by atoms with E-state index in [1.165, 1.54) is 25.9 Å². The molecule has 0 unspecified atom stereocenters. The highest BCUT2D eigenvalue weighted by Crippen LogP contribution is 2.17. The molecule has 0 saturated carbocycles. The summed E-state index contributed by atoms with van der Waals surface area (Å²) >= 11 is 0. The van der Waals surface area contributed by atoms with Gasteiger partial charge >= 0.3 is 0 Å². The summed E-state index contributed by atoms with van der Waals surface area (Å²) in [7, 11) is 4.34. The number of hydrogen-bond donors (Lipinski definition) is 1. The Morgan fingerprint density at radius 2 is 2.05 bits per heavy atom. The first-order valence-corrected chi connectivity index (χ1v) is 7.00. The van der Waals surface area contributed by atoms with E-state index in [2.05, 4.69) is 33.9 Å². The van der Waals surface area contributed by atoms with Gasteiger partial charge in [0, 0.05) is 18.3 Å². The Hall–Kier alpha value is -1.20. The van der Waals surface area contributed by atoms with Crippen LogP contribution >= 0.6 is 0 Å². The topological polar surface area (TPSA) is 58.3 Å². The molecule has 5 heteroatoms. The van der Waals surface area contributed by atoms with E-state index < -0.39 is 0 Å². The second kappa shape index (κ2) is 6.30. The number of nitrogens with two attached hydrogens (primary N) is 1. The second-order valence-electron chi connectivity index (χ2n) is 5.79. The van der Waals surface area contributed by atoms with Crippen LogP contribution in [0, 0.1) is 12.8 Å². The SMILES string of the molecule is Cc1cc(N)nc(CN(C)CC2CCN(C)CC2)n1. The number of rotatable bonds is 4. The lowest BCUT2D eigenvalue weighted by molar-refractivity contribution is 0.172. The maximum atomic E-state index is 5.76. The van der Waals surface area contributed by atoms with Crippen LogP contribution in [0.15, 0.2) is 6.07 Å². The number of anilines is 1. The van der Waals surface area contributed by atoms with Crippen molar-refractivity contribution in [2.24, 2.45) is 5.92 Å². The second-order valence-corrected chi connectivity index (χ2v) is 5.79. The number of aryl methyl sites for hydroxylation is 1. The molecule has 0 bridgehead atoms. The third-order valence-electron chi connectivity index (χ3n) is 3.74. The van der Waals surface area contributed by atoms with E-state index in [0.29, 0.717) is 5.82 Å². The summed E-state index contributed by atoms with van der Waals surface area (Å²) in [6, 6.07) is 1.81. The molecular formula is C14H25N5. The van der Waals surface area contributed by atoms with Crippen LogP contribution in [0.3, 0.4) is 0 Å². The molecule has 19 heavy (non-hydrogen) atoms. The maximum Gasteiger partial charge on any atom is 0.144 e. The Kier molecular flexibility index (Phi) is 4.71. The number of likely N-dealkylation sites (tertiary alicyclic amines) is 1. The van der Waals surface area contributed by atoms with Gasteiger partial charge in [-0.3, -0.25) is 4.90 Å². The van der Waals surface area contributed by atoms with Crippen LogP contribution in [0.2, 0.25) is 0 Å². The number of nitrogens with zero attached hydrogens (tertiary/aromatic N) is 4. The number of nitrogen functional groups attached to an aromatic ring is 1. The first kappa shape index (κ1) is 14.2. The molecule has 5 nitrogen and oxygen atoms in total. The van der Waals surface area contributed by atoms with Gasteiger partial charge in [0.25, 0.3) is 0 Å². The third kappa shape index (κ3) is 4.44. The Labute approximate surface area is 115 Å². The van der Waals surface area contributed by atoms with Crippen LogP contribution in [0.25, 0.3) is 0 Å². The monoisotopic (exact) mass is 263 g/mol. The minimum absolute atomic E-state index is 0.565. The molecule has 0 amide bonds. The van der Waals surface area contributed by atoms with Gasteiger partial charge in [-0.2, -0.15) is 0 Å². The van der Waals surface area contributed by atoms with E-state index >= 15 is 0 Å². The molecule has 0 radical (unpaired) electrons. The average molecular weight is 263 g/mol. The molecule has 1 aliphatic rings. The highest BCUT2D eigenvalue weighted by Gasteiger charge is 2.18. The fourth-order valence-corrected chi connectivity index (χ4v) is 2.72. The number of piperidine rings is 1. The molecule has 1 aromatic rings. The smallest absolute Gasteiger partial charge is 0.144 e. The van der Waals surface area contributed by atoms with Crippen molar-refractivity contribution in [1.29, 1.82) is 0 Å². The van der Waals surface area contributed by atoms with Crippen LogP contribution in [0.4, 0.5) is 5.82 Å². The molecule has 0 atom stereocenters. The van der Waals surface area contributed by atoms with Crippen LogP contribution < -0.4 is 5.73 Å². The fraction of sp³-hybridized carbons (Fsp3) is 0.714. The molecule has 0 aliphatic carbocycles. The molecule has 2 rings (SSSR count). The van der Waals surface area contributed by atoms with E-state index in [0.717, 1.165) is 30.5 Å². The molecule has 1 fully saturated rings. The zero-order chi connectivity index (χ0) is 13.8. The van der Waals surface area contributed by atoms with Crippen molar-refractivity contribution in [1.82, 2.24) is 19.8 Å². The highest BCUT2D eigenvalue weighted by molar-refractivity contribution is 5.29. The average Bonchev–Trinajstić information content (AvgIpc) is 2.30. The molecule has 0 aromatic carbocycles. The van der Waals surface area contributed by atoms with Gasteiger partial charge in [-0.15, -0.1) is 0 Å². The van der Waals surface area contributed by atoms with Gasteiger partial charge in [0.1, 0.15) is 11.6 Å². The standard InChI is InChI=1S/C14H25N5/c1-11-8-13(15)17-14(16-11)10-19(3)9-12-4-6-18(2)7-5-12/h8,12H,4-7,9-10H2,1-3H3,(H2,15,16,17). The third-order valence-corrected chi connectivity index (χ3v) is 3.74. The normalized spacial score (nSPS) is 18.1. The van der Waals surface area contributed by atoms with Gasteiger partial charge in [-0.1, -0.05) is 0 Å². The van der Waals surface area contributed by atoms with Gasteiger partial charge in [0.15, 0.2) is 0 Å². The van der Waals surface area contributed by atoms with Crippen molar-refractivity contribution in [2.75, 3.05) is 39.5 Å². The predicted octanol–water partition coefficient (Wildman–Crippen LogP) is 1.14. The Balaban J connectivity index is 1.85. The summed E-state index contributed by atoms with van der Waals surface area (Å²) in [6.45, 7) is 6.28. The van der Waals surface area contributed by atoms with Gasteiger partial charge in [-0.05, 0) is 52.9 Å². The zero-order valence-electron chi connectivity index (χ0n) is 12.3. The Morgan fingerprint density at radius 1 is 1.37 bits per heavy atom. The van der Waals surface area contributed by atoms with Crippen molar-refractivity contribution in [3.8, 4) is 0 Å². The molecule has 1 aliphatic heterocycles. The zero-order valence-corrected chi connectivity index (χ0v) is 12.3.